The van der Waals surface area contributed by atoms with Crippen molar-refractivity contribution in [2.75, 3.05) is 0 Å². The van der Waals surface area contributed by atoms with E-state index >= 15 is 0 Å². The number of hydrogen-bond donors (Lipinski definition) is 0. The maximum Gasteiger partial charge on any atom is 0.00913 e. The van der Waals surface area contributed by atoms with Gasteiger partial charge in [-0.2, -0.15) is 0 Å². The van der Waals surface area contributed by atoms with Gasteiger partial charge in [0.15, 0.2) is 0 Å². The summed E-state index contributed by atoms with van der Waals surface area (Å²) in [5, 5.41) is 0. The maximum absolute atomic E-state index is 3.92. The van der Waals surface area contributed by atoms with Gasteiger partial charge in [0.25, 0.3) is 0 Å². The maximum atomic E-state index is 3.92. The highest BCUT2D eigenvalue weighted by molar-refractivity contribution is 4.98. The van der Waals surface area contributed by atoms with E-state index in [0.29, 0.717) is 0 Å². The molecule has 0 aliphatic rings. The third-order valence-corrected chi connectivity index (χ3v) is 5.19. The van der Waals surface area contributed by atoms with Crippen molar-refractivity contribution in [2.45, 2.75) is 117 Å². The fraction of sp³-hybridized carbons (Fsp3) is 0.833. The molecule has 140 valence electrons. The molecule has 0 aromatic heterocycles. The minimum atomic E-state index is 0.887. The molecule has 2 unspecified atom stereocenters. The van der Waals surface area contributed by atoms with Crippen molar-refractivity contribution in [3.8, 4) is 11.8 Å². The molecule has 0 bridgehead atoms. The lowest BCUT2D eigenvalue weighted by molar-refractivity contribution is 0.420. The summed E-state index contributed by atoms with van der Waals surface area (Å²) in [4.78, 5) is 0. The molecule has 0 saturated heterocycles. The first-order valence-corrected chi connectivity index (χ1v) is 10.8. The molecular weight excluding hydrogens is 288 g/mol. The Morgan fingerprint density at radius 3 is 1.92 bits per heavy atom. The molecule has 0 aromatic rings. The second-order valence-corrected chi connectivity index (χ2v) is 7.57. The van der Waals surface area contributed by atoms with E-state index in [9.17, 15) is 0 Å². The molecule has 0 spiro atoms. The minimum Gasteiger partial charge on any atom is -0.103 e. The topological polar surface area (TPSA) is 0 Å². The fourth-order valence-electron chi connectivity index (χ4n) is 3.31. The summed E-state index contributed by atoms with van der Waals surface area (Å²) < 4.78 is 0. The van der Waals surface area contributed by atoms with E-state index in [4.69, 9.17) is 0 Å². The van der Waals surface area contributed by atoms with Crippen LogP contribution in [0, 0.1) is 37.5 Å². The summed E-state index contributed by atoms with van der Waals surface area (Å²) in [7, 11) is 0. The second-order valence-electron chi connectivity index (χ2n) is 7.57. The zero-order chi connectivity index (χ0) is 17.9. The summed E-state index contributed by atoms with van der Waals surface area (Å²) in [6.07, 6.45) is 20.5. The Labute approximate surface area is 154 Å². The second kappa shape index (κ2) is 18.9. The molecule has 2 radical (unpaired) electrons. The molecule has 0 aromatic carbocycles. The lowest BCUT2D eigenvalue weighted by atomic mass is 9.93. The lowest BCUT2D eigenvalue weighted by Crippen LogP contribution is -1.98. The molecule has 24 heavy (non-hydrogen) atoms. The van der Waals surface area contributed by atoms with Crippen molar-refractivity contribution >= 4 is 0 Å². The highest BCUT2D eigenvalue weighted by Crippen LogP contribution is 2.19. The summed E-state index contributed by atoms with van der Waals surface area (Å²) in [6, 6.07) is 0. The van der Waals surface area contributed by atoms with E-state index in [1.54, 1.807) is 0 Å². The standard InChI is InChI=1S/C24H44/c1-5-8-10-17-21-24(7-3)22-18-14-12-11-13-16-20-23(4)19-15-9-6-2/h23-24H,1-2,5-11,13,15-22H2,3-4H3. The van der Waals surface area contributed by atoms with Gasteiger partial charge in [-0.1, -0.05) is 105 Å². The van der Waals surface area contributed by atoms with Gasteiger partial charge in [-0.05, 0) is 24.7 Å². The third-order valence-electron chi connectivity index (χ3n) is 5.19. The Morgan fingerprint density at radius 2 is 1.25 bits per heavy atom. The number of unbranched alkanes of at least 4 members (excludes halogenated alkanes) is 7. The highest BCUT2D eigenvalue weighted by Gasteiger charge is 2.04. The van der Waals surface area contributed by atoms with Gasteiger partial charge >= 0.3 is 0 Å². The van der Waals surface area contributed by atoms with Crippen molar-refractivity contribution < 1.29 is 0 Å². The van der Waals surface area contributed by atoms with Crippen LogP contribution in [-0.4, -0.2) is 0 Å². The van der Waals surface area contributed by atoms with E-state index in [-0.39, 0.29) is 0 Å². The van der Waals surface area contributed by atoms with Crippen molar-refractivity contribution in [2.24, 2.45) is 11.8 Å². The van der Waals surface area contributed by atoms with Crippen LogP contribution in [0.5, 0.6) is 0 Å². The molecule has 0 nitrogen and oxygen atoms in total. The number of rotatable bonds is 16. The third kappa shape index (κ3) is 16.4. The zero-order valence-corrected chi connectivity index (χ0v) is 16.9. The van der Waals surface area contributed by atoms with E-state index in [0.717, 1.165) is 37.5 Å². The van der Waals surface area contributed by atoms with Crippen LogP contribution >= 0.6 is 0 Å². The van der Waals surface area contributed by atoms with E-state index in [2.05, 4.69) is 39.5 Å². The Bertz CT molecular complexity index is 293. The summed E-state index contributed by atoms with van der Waals surface area (Å²) in [5.74, 6) is 8.59. The van der Waals surface area contributed by atoms with Crippen molar-refractivity contribution in [3.05, 3.63) is 13.8 Å². The summed E-state index contributed by atoms with van der Waals surface area (Å²) in [5.41, 5.74) is 0. The van der Waals surface area contributed by atoms with Gasteiger partial charge in [0.2, 0.25) is 0 Å². The van der Waals surface area contributed by atoms with Crippen LogP contribution in [0.15, 0.2) is 0 Å². The quantitative estimate of drug-likeness (QED) is 0.197. The average molecular weight is 333 g/mol. The van der Waals surface area contributed by atoms with Crippen LogP contribution in [0.4, 0.5) is 0 Å². The van der Waals surface area contributed by atoms with Crippen LogP contribution < -0.4 is 0 Å². The van der Waals surface area contributed by atoms with Gasteiger partial charge in [0.05, 0.1) is 0 Å². The molecular formula is C24H44. The molecule has 0 aliphatic heterocycles. The first kappa shape index (κ1) is 23.6. The van der Waals surface area contributed by atoms with Crippen LogP contribution in [-0.2, 0) is 0 Å². The van der Waals surface area contributed by atoms with Crippen molar-refractivity contribution in [3.63, 3.8) is 0 Å². The van der Waals surface area contributed by atoms with Gasteiger partial charge in [-0.15, -0.1) is 11.8 Å². The van der Waals surface area contributed by atoms with Crippen LogP contribution in [0.2, 0.25) is 0 Å². The van der Waals surface area contributed by atoms with Crippen LogP contribution in [0.1, 0.15) is 117 Å². The Hall–Kier alpha value is -0.440. The first-order valence-electron chi connectivity index (χ1n) is 10.8. The number of hydrogen-bond acceptors (Lipinski definition) is 0. The van der Waals surface area contributed by atoms with Gasteiger partial charge in [0.1, 0.15) is 0 Å². The molecule has 0 heterocycles. The highest BCUT2D eigenvalue weighted by atomic mass is 14.1. The molecule has 0 aliphatic carbocycles. The largest absolute Gasteiger partial charge is 0.103 e. The van der Waals surface area contributed by atoms with Crippen LogP contribution in [0.3, 0.4) is 0 Å². The molecule has 0 fully saturated rings. The van der Waals surface area contributed by atoms with Gasteiger partial charge in [-0.3, -0.25) is 0 Å². The summed E-state index contributed by atoms with van der Waals surface area (Å²) >= 11 is 0. The van der Waals surface area contributed by atoms with Gasteiger partial charge in [-0.25, -0.2) is 0 Å². The molecule has 0 saturated carbocycles. The molecule has 2 atom stereocenters. The van der Waals surface area contributed by atoms with E-state index in [1.165, 1.54) is 77.0 Å². The Morgan fingerprint density at radius 1 is 0.667 bits per heavy atom. The zero-order valence-electron chi connectivity index (χ0n) is 16.9. The van der Waals surface area contributed by atoms with Gasteiger partial charge in [0, 0.05) is 12.8 Å². The van der Waals surface area contributed by atoms with E-state index < -0.39 is 0 Å². The predicted molar refractivity (Wildman–Crippen MR) is 111 cm³/mol. The molecule has 0 N–H and O–H groups in total. The molecule has 0 rings (SSSR count). The molecule has 0 amide bonds. The predicted octanol–water partition coefficient (Wildman–Crippen LogP) is 8.17. The normalized spacial score (nSPS) is 13.3. The van der Waals surface area contributed by atoms with Gasteiger partial charge < -0.3 is 0 Å². The van der Waals surface area contributed by atoms with Crippen LogP contribution in [0.25, 0.3) is 0 Å². The first-order chi connectivity index (χ1) is 11.7. The monoisotopic (exact) mass is 332 g/mol. The Kier molecular flexibility index (Phi) is 18.5. The molecule has 0 heteroatoms. The van der Waals surface area contributed by atoms with Crippen molar-refractivity contribution in [1.82, 2.24) is 0 Å². The van der Waals surface area contributed by atoms with Crippen molar-refractivity contribution in [1.29, 1.82) is 0 Å². The smallest absolute Gasteiger partial charge is 0.00913 e. The fourth-order valence-corrected chi connectivity index (χ4v) is 3.31. The minimum absolute atomic E-state index is 0.887. The Balaban J connectivity index is 3.51. The average Bonchev–Trinajstić information content (AvgIpc) is 2.59. The van der Waals surface area contributed by atoms with E-state index in [1.807, 2.05) is 0 Å². The summed E-state index contributed by atoms with van der Waals surface area (Å²) in [6.45, 7) is 12.6. The SMILES string of the molecule is [CH2]CCCCCC(CC)CCC#CCCCCC(C)CCCC[CH2]. The lowest BCUT2D eigenvalue weighted by Gasteiger charge is -2.12.